The minimum absolute atomic E-state index is 0.193. The quantitative estimate of drug-likeness (QED) is 0.716. The summed E-state index contributed by atoms with van der Waals surface area (Å²) in [6.45, 7) is 2.44. The zero-order valence-electron chi connectivity index (χ0n) is 12.6. The summed E-state index contributed by atoms with van der Waals surface area (Å²) < 4.78 is 1.83. The number of amides is 1. The number of hydrogen-bond acceptors (Lipinski definition) is 5. The number of nitrogens with zero attached hydrogens (tertiary/aromatic N) is 6. The summed E-state index contributed by atoms with van der Waals surface area (Å²) in [4.78, 5) is 14.3. The first kappa shape index (κ1) is 14.7. The Morgan fingerprint density at radius 2 is 2.27 bits per heavy atom. The van der Waals surface area contributed by atoms with Crippen LogP contribution in [0.25, 0.3) is 0 Å². The molecule has 0 saturated carbocycles. The molecule has 22 heavy (non-hydrogen) atoms. The van der Waals surface area contributed by atoms with Gasteiger partial charge in [-0.15, -0.1) is 17.4 Å². The van der Waals surface area contributed by atoms with Gasteiger partial charge in [0.2, 0.25) is 5.91 Å². The van der Waals surface area contributed by atoms with Gasteiger partial charge >= 0.3 is 0 Å². The Morgan fingerprint density at radius 3 is 2.95 bits per heavy atom. The van der Waals surface area contributed by atoms with E-state index in [1.165, 1.54) is 0 Å². The third-order valence-electron chi connectivity index (χ3n) is 4.35. The van der Waals surface area contributed by atoms with Gasteiger partial charge in [0.05, 0.1) is 6.20 Å². The summed E-state index contributed by atoms with van der Waals surface area (Å²) >= 11 is 0. The normalized spacial score (nSPS) is 21.8. The van der Waals surface area contributed by atoms with E-state index in [1.807, 2.05) is 15.8 Å². The molecule has 7 heteroatoms. The van der Waals surface area contributed by atoms with Crippen molar-refractivity contribution in [3.8, 4) is 12.3 Å². The number of hydrogen-bond donors (Lipinski definition) is 0. The Balaban J connectivity index is 1.41. The SMILES string of the molecule is C#CCCC1(CCC(=O)N2CCC(Cn3ccnn3)C2)N=N1. The molecule has 3 rings (SSSR count). The van der Waals surface area contributed by atoms with Crippen LogP contribution in [0.15, 0.2) is 22.6 Å². The van der Waals surface area contributed by atoms with Crippen LogP contribution in [0.4, 0.5) is 0 Å². The molecule has 1 amide bonds. The van der Waals surface area contributed by atoms with Crippen molar-refractivity contribution >= 4 is 5.91 Å². The first-order valence-electron chi connectivity index (χ1n) is 7.70. The number of terminal acetylenes is 1. The minimum atomic E-state index is -0.359. The van der Waals surface area contributed by atoms with Crippen LogP contribution >= 0.6 is 0 Å². The first-order valence-corrected chi connectivity index (χ1v) is 7.70. The summed E-state index contributed by atoms with van der Waals surface area (Å²) in [6, 6.07) is 0. The molecule has 1 aromatic rings. The first-order chi connectivity index (χ1) is 10.7. The Hall–Kier alpha value is -2.23. The van der Waals surface area contributed by atoms with Crippen LogP contribution in [0.1, 0.15) is 32.1 Å². The lowest BCUT2D eigenvalue weighted by Gasteiger charge is -2.17. The van der Waals surface area contributed by atoms with Crippen molar-refractivity contribution in [3.05, 3.63) is 12.4 Å². The van der Waals surface area contributed by atoms with Crippen LogP contribution < -0.4 is 0 Å². The highest BCUT2D eigenvalue weighted by Crippen LogP contribution is 2.37. The second-order valence-electron chi connectivity index (χ2n) is 6.01. The third kappa shape index (κ3) is 3.50. The van der Waals surface area contributed by atoms with E-state index in [0.29, 0.717) is 25.2 Å². The van der Waals surface area contributed by atoms with Crippen molar-refractivity contribution in [1.29, 1.82) is 0 Å². The van der Waals surface area contributed by atoms with E-state index >= 15 is 0 Å². The van der Waals surface area contributed by atoms with Gasteiger partial charge in [0.15, 0.2) is 5.66 Å². The highest BCUT2D eigenvalue weighted by atomic mass is 16.2. The maximum Gasteiger partial charge on any atom is 0.222 e. The number of aromatic nitrogens is 3. The molecule has 2 aliphatic heterocycles. The van der Waals surface area contributed by atoms with Crippen LogP contribution in [-0.4, -0.2) is 44.6 Å². The molecule has 1 fully saturated rings. The molecule has 0 bridgehead atoms. The topological polar surface area (TPSA) is 75.7 Å². The van der Waals surface area contributed by atoms with Gasteiger partial charge in [0.25, 0.3) is 0 Å². The number of rotatable bonds is 7. The lowest BCUT2D eigenvalue weighted by Crippen LogP contribution is -2.30. The molecule has 1 saturated heterocycles. The van der Waals surface area contributed by atoms with Crippen LogP contribution in [-0.2, 0) is 11.3 Å². The van der Waals surface area contributed by atoms with E-state index in [0.717, 1.165) is 32.5 Å². The van der Waals surface area contributed by atoms with Crippen molar-refractivity contribution in [3.63, 3.8) is 0 Å². The van der Waals surface area contributed by atoms with Gasteiger partial charge in [0, 0.05) is 51.5 Å². The highest BCUT2D eigenvalue weighted by Gasteiger charge is 2.40. The number of carbonyl (C=O) groups is 1. The summed E-state index contributed by atoms with van der Waals surface area (Å²) in [6.07, 6.45) is 12.4. The Kier molecular flexibility index (Phi) is 4.18. The van der Waals surface area contributed by atoms with Crippen LogP contribution in [0.3, 0.4) is 0 Å². The Morgan fingerprint density at radius 1 is 1.41 bits per heavy atom. The predicted octanol–water partition coefficient (Wildman–Crippen LogP) is 1.48. The largest absolute Gasteiger partial charge is 0.342 e. The van der Waals surface area contributed by atoms with E-state index in [2.05, 4.69) is 26.5 Å². The van der Waals surface area contributed by atoms with E-state index in [1.54, 1.807) is 6.20 Å². The van der Waals surface area contributed by atoms with Crippen molar-refractivity contribution < 1.29 is 4.79 Å². The molecule has 0 aliphatic carbocycles. The van der Waals surface area contributed by atoms with Gasteiger partial charge in [-0.2, -0.15) is 10.2 Å². The Bertz CT molecular complexity index is 582. The monoisotopic (exact) mass is 300 g/mol. The molecule has 116 valence electrons. The van der Waals surface area contributed by atoms with Gasteiger partial charge in [-0.25, -0.2) is 0 Å². The van der Waals surface area contributed by atoms with E-state index in [9.17, 15) is 4.79 Å². The molecule has 1 aromatic heterocycles. The van der Waals surface area contributed by atoms with Crippen molar-refractivity contribution in [2.24, 2.45) is 16.1 Å². The molecule has 2 aliphatic rings. The number of likely N-dealkylation sites (tertiary alicyclic amines) is 1. The summed E-state index contributed by atoms with van der Waals surface area (Å²) in [5, 5.41) is 15.9. The Labute approximate surface area is 129 Å². The second-order valence-corrected chi connectivity index (χ2v) is 6.01. The fourth-order valence-electron chi connectivity index (χ4n) is 2.94. The van der Waals surface area contributed by atoms with Crippen LogP contribution in [0.2, 0.25) is 0 Å². The zero-order valence-corrected chi connectivity index (χ0v) is 12.6. The van der Waals surface area contributed by atoms with Crippen molar-refractivity contribution in [2.45, 2.75) is 44.3 Å². The molecule has 0 radical (unpaired) electrons. The van der Waals surface area contributed by atoms with E-state index < -0.39 is 0 Å². The molecule has 0 N–H and O–H groups in total. The van der Waals surface area contributed by atoms with Crippen molar-refractivity contribution in [1.82, 2.24) is 19.9 Å². The summed E-state index contributed by atoms with van der Waals surface area (Å²) in [7, 11) is 0. The second kappa shape index (κ2) is 6.26. The summed E-state index contributed by atoms with van der Waals surface area (Å²) in [5.41, 5.74) is -0.359. The number of carbonyl (C=O) groups excluding carboxylic acids is 1. The highest BCUT2D eigenvalue weighted by molar-refractivity contribution is 5.76. The molecular weight excluding hydrogens is 280 g/mol. The van der Waals surface area contributed by atoms with Crippen LogP contribution in [0, 0.1) is 18.3 Å². The van der Waals surface area contributed by atoms with Gasteiger partial charge in [-0.05, 0) is 12.3 Å². The van der Waals surface area contributed by atoms with Gasteiger partial charge in [-0.3, -0.25) is 9.48 Å². The molecule has 1 unspecified atom stereocenters. The van der Waals surface area contributed by atoms with Gasteiger partial charge in [-0.1, -0.05) is 5.21 Å². The molecule has 0 spiro atoms. The van der Waals surface area contributed by atoms with Gasteiger partial charge < -0.3 is 4.90 Å². The smallest absolute Gasteiger partial charge is 0.222 e. The molecule has 1 atom stereocenters. The van der Waals surface area contributed by atoms with Crippen LogP contribution in [0.5, 0.6) is 0 Å². The van der Waals surface area contributed by atoms with Crippen molar-refractivity contribution in [2.75, 3.05) is 13.1 Å². The molecule has 3 heterocycles. The maximum atomic E-state index is 12.3. The molecular formula is C15H20N6O. The molecule has 0 aromatic carbocycles. The lowest BCUT2D eigenvalue weighted by atomic mass is 10.0. The maximum absolute atomic E-state index is 12.3. The standard InChI is InChI=1S/C15H20N6O/c1-2-3-6-15(17-18-15)7-4-14(22)20-9-5-13(11-20)12-21-10-8-16-19-21/h1,8,10,13H,3-7,9,11-12H2. The fraction of sp³-hybridized carbons (Fsp3) is 0.667. The van der Waals surface area contributed by atoms with Gasteiger partial charge in [0.1, 0.15) is 0 Å². The lowest BCUT2D eigenvalue weighted by molar-refractivity contribution is -0.130. The minimum Gasteiger partial charge on any atom is -0.342 e. The average molecular weight is 300 g/mol. The molecule has 7 nitrogen and oxygen atoms in total. The zero-order chi connectivity index (χ0) is 15.4. The third-order valence-corrected chi connectivity index (χ3v) is 4.35. The van der Waals surface area contributed by atoms with E-state index in [-0.39, 0.29) is 11.6 Å². The predicted molar refractivity (Wildman–Crippen MR) is 79.6 cm³/mol. The van der Waals surface area contributed by atoms with E-state index in [4.69, 9.17) is 6.42 Å². The average Bonchev–Trinajstić information content (AvgIpc) is 2.92. The summed E-state index contributed by atoms with van der Waals surface area (Å²) in [5.74, 6) is 3.25. The fourth-order valence-corrected chi connectivity index (χ4v) is 2.94.